The highest BCUT2D eigenvalue weighted by molar-refractivity contribution is 5.82. The molecule has 37 heavy (non-hydrogen) atoms. The smallest absolute Gasteiger partial charge is 0.226 e. The molecule has 3 heterocycles. The van der Waals surface area contributed by atoms with Crippen LogP contribution in [0.4, 0.5) is 5.82 Å². The van der Waals surface area contributed by atoms with Crippen LogP contribution in [-0.4, -0.2) is 73.8 Å². The van der Waals surface area contributed by atoms with E-state index in [2.05, 4.69) is 15.1 Å². The Bertz CT molecular complexity index is 1170. The van der Waals surface area contributed by atoms with Gasteiger partial charge in [0.15, 0.2) is 5.82 Å². The number of benzene rings is 2. The Morgan fingerprint density at radius 2 is 1.62 bits per heavy atom. The minimum Gasteiger partial charge on any atom is -0.497 e. The summed E-state index contributed by atoms with van der Waals surface area (Å²) in [5, 5.41) is 3.31. The van der Waals surface area contributed by atoms with E-state index in [1.54, 1.807) is 7.11 Å². The van der Waals surface area contributed by atoms with Crippen molar-refractivity contribution in [3.8, 4) is 5.75 Å². The molecule has 2 aliphatic heterocycles. The molecule has 1 amide bonds. The van der Waals surface area contributed by atoms with E-state index in [4.69, 9.17) is 19.4 Å². The lowest BCUT2D eigenvalue weighted by molar-refractivity contribution is -0.121. The van der Waals surface area contributed by atoms with Crippen molar-refractivity contribution in [2.45, 2.75) is 38.1 Å². The van der Waals surface area contributed by atoms with E-state index in [1.807, 2.05) is 48.5 Å². The van der Waals surface area contributed by atoms with Gasteiger partial charge in [-0.05, 0) is 42.7 Å². The highest BCUT2D eigenvalue weighted by Crippen LogP contribution is 2.25. The molecule has 0 saturated carbocycles. The Labute approximate surface area is 219 Å². The van der Waals surface area contributed by atoms with Gasteiger partial charge in [0.2, 0.25) is 5.91 Å². The number of carbonyl (C=O) groups is 1. The maximum absolute atomic E-state index is 13.5. The van der Waals surface area contributed by atoms with Gasteiger partial charge in [-0.1, -0.05) is 37.1 Å². The van der Waals surface area contributed by atoms with E-state index < -0.39 is 0 Å². The molecule has 1 N–H and O–H groups in total. The summed E-state index contributed by atoms with van der Waals surface area (Å²) in [5.74, 6) is 1.60. The number of ether oxygens (including phenoxy) is 2. The van der Waals surface area contributed by atoms with Crippen molar-refractivity contribution in [3.63, 3.8) is 0 Å². The number of carbonyl (C=O) groups excluding carboxylic acids is 1. The fourth-order valence-corrected chi connectivity index (χ4v) is 5.19. The molecule has 8 nitrogen and oxygen atoms in total. The quantitative estimate of drug-likeness (QED) is 0.502. The molecule has 0 spiro atoms. The van der Waals surface area contributed by atoms with Gasteiger partial charge in [0.1, 0.15) is 5.75 Å². The Balaban J connectivity index is 1.38. The van der Waals surface area contributed by atoms with Crippen LogP contribution in [0.15, 0.2) is 48.5 Å². The van der Waals surface area contributed by atoms with Crippen LogP contribution in [-0.2, 0) is 16.0 Å². The first-order chi connectivity index (χ1) is 18.2. The maximum atomic E-state index is 13.5. The number of methoxy groups -OCH3 is 1. The van der Waals surface area contributed by atoms with Crippen molar-refractivity contribution in [2.24, 2.45) is 0 Å². The van der Waals surface area contributed by atoms with Crippen molar-refractivity contribution < 1.29 is 14.3 Å². The second-order valence-electron chi connectivity index (χ2n) is 9.87. The first-order valence-electron chi connectivity index (χ1n) is 13.4. The minimum absolute atomic E-state index is 0.0465. The molecular formula is C29H37N5O3. The van der Waals surface area contributed by atoms with E-state index >= 15 is 0 Å². The number of aromatic nitrogens is 2. The largest absolute Gasteiger partial charge is 0.497 e. The number of hydrogen-bond acceptors (Lipinski definition) is 7. The summed E-state index contributed by atoms with van der Waals surface area (Å²) in [5.41, 5.74) is 3.49. The molecule has 1 aromatic heterocycles. The van der Waals surface area contributed by atoms with Crippen LogP contribution in [0.1, 0.15) is 43.0 Å². The summed E-state index contributed by atoms with van der Waals surface area (Å²) in [4.78, 5) is 28.1. The lowest BCUT2D eigenvalue weighted by atomic mass is 10.1. The highest BCUT2D eigenvalue weighted by Gasteiger charge is 2.23. The molecule has 1 atom stereocenters. The zero-order chi connectivity index (χ0) is 25.5. The van der Waals surface area contributed by atoms with Gasteiger partial charge in [0.25, 0.3) is 0 Å². The predicted octanol–water partition coefficient (Wildman–Crippen LogP) is 3.75. The normalized spacial score (nSPS) is 17.8. The second-order valence-corrected chi connectivity index (χ2v) is 9.87. The van der Waals surface area contributed by atoms with Crippen LogP contribution in [0.5, 0.6) is 5.75 Å². The van der Waals surface area contributed by atoms with Gasteiger partial charge >= 0.3 is 0 Å². The fourth-order valence-electron chi connectivity index (χ4n) is 5.19. The number of amides is 1. The first-order valence-corrected chi connectivity index (χ1v) is 13.4. The predicted molar refractivity (Wildman–Crippen MR) is 145 cm³/mol. The average Bonchev–Trinajstić information content (AvgIpc) is 3.22. The molecule has 1 unspecified atom stereocenters. The van der Waals surface area contributed by atoms with Crippen LogP contribution < -0.4 is 15.0 Å². The molecule has 196 valence electrons. The minimum atomic E-state index is -0.147. The Morgan fingerprint density at radius 3 is 2.30 bits per heavy atom. The van der Waals surface area contributed by atoms with Crippen LogP contribution in [0.3, 0.4) is 0 Å². The third kappa shape index (κ3) is 6.56. The van der Waals surface area contributed by atoms with Crippen LogP contribution >= 0.6 is 0 Å². The van der Waals surface area contributed by atoms with E-state index in [0.717, 1.165) is 92.6 Å². The summed E-state index contributed by atoms with van der Waals surface area (Å²) in [6.45, 7) is 5.78. The zero-order valence-corrected chi connectivity index (χ0v) is 21.7. The highest BCUT2D eigenvalue weighted by atomic mass is 16.5. The van der Waals surface area contributed by atoms with Gasteiger partial charge < -0.3 is 19.7 Å². The van der Waals surface area contributed by atoms with Crippen molar-refractivity contribution in [2.75, 3.05) is 57.9 Å². The molecule has 2 saturated heterocycles. The Kier molecular flexibility index (Phi) is 8.48. The molecule has 3 aromatic rings. The van der Waals surface area contributed by atoms with Crippen molar-refractivity contribution >= 4 is 22.8 Å². The van der Waals surface area contributed by atoms with E-state index in [-0.39, 0.29) is 18.4 Å². The molecule has 2 aromatic carbocycles. The fraction of sp³-hybridized carbons (Fsp3) is 0.483. The summed E-state index contributed by atoms with van der Waals surface area (Å²) in [6.07, 6.45) is 4.94. The van der Waals surface area contributed by atoms with Gasteiger partial charge in [0, 0.05) is 32.7 Å². The standard InChI is InChI=1S/C29H37N5O3/c1-36-23-12-10-22(11-13-23)27(21-33-16-18-37-19-17-33)31-28(35)20-26-29(34-14-6-2-3-7-15-34)32-25-9-5-4-8-24(25)30-26/h4-5,8-13,27H,2-3,6-7,14-21H2,1H3,(H,31,35). The number of fused-ring (bicyclic) bond motifs is 1. The lowest BCUT2D eigenvalue weighted by Gasteiger charge is -2.31. The zero-order valence-electron chi connectivity index (χ0n) is 21.7. The van der Waals surface area contributed by atoms with Crippen LogP contribution in [0.2, 0.25) is 0 Å². The number of morpholine rings is 1. The van der Waals surface area contributed by atoms with Gasteiger partial charge in [-0.2, -0.15) is 0 Å². The van der Waals surface area contributed by atoms with E-state index in [9.17, 15) is 4.79 Å². The summed E-state index contributed by atoms with van der Waals surface area (Å²) < 4.78 is 10.9. The first kappa shape index (κ1) is 25.4. The van der Waals surface area contributed by atoms with Gasteiger partial charge in [-0.3, -0.25) is 9.69 Å². The third-order valence-electron chi connectivity index (χ3n) is 7.25. The number of anilines is 1. The molecule has 0 radical (unpaired) electrons. The van der Waals surface area contributed by atoms with Crippen molar-refractivity contribution in [1.29, 1.82) is 0 Å². The van der Waals surface area contributed by atoms with Crippen molar-refractivity contribution in [3.05, 3.63) is 59.8 Å². The third-order valence-corrected chi connectivity index (χ3v) is 7.25. The topological polar surface area (TPSA) is 79.8 Å². The SMILES string of the molecule is COc1ccc(C(CN2CCOCC2)NC(=O)Cc2nc3ccccc3nc2N2CCCCCC2)cc1. The van der Waals surface area contributed by atoms with Crippen LogP contribution in [0, 0.1) is 0 Å². The summed E-state index contributed by atoms with van der Waals surface area (Å²) >= 11 is 0. The molecule has 5 rings (SSSR count). The number of para-hydroxylation sites is 2. The molecule has 8 heteroatoms. The number of nitrogens with one attached hydrogen (secondary N) is 1. The summed E-state index contributed by atoms with van der Waals surface area (Å²) in [7, 11) is 1.66. The Hall–Kier alpha value is -3.23. The number of hydrogen-bond donors (Lipinski definition) is 1. The molecular weight excluding hydrogens is 466 g/mol. The average molecular weight is 504 g/mol. The van der Waals surface area contributed by atoms with Crippen LogP contribution in [0.25, 0.3) is 11.0 Å². The van der Waals surface area contributed by atoms with Gasteiger partial charge in [-0.25, -0.2) is 9.97 Å². The summed E-state index contributed by atoms with van der Waals surface area (Å²) in [6, 6.07) is 15.7. The second kappa shape index (κ2) is 12.3. The van der Waals surface area contributed by atoms with E-state index in [1.165, 1.54) is 12.8 Å². The lowest BCUT2D eigenvalue weighted by Crippen LogP contribution is -2.43. The number of rotatable bonds is 8. The van der Waals surface area contributed by atoms with Gasteiger partial charge in [0.05, 0.1) is 49.5 Å². The molecule has 2 aliphatic rings. The number of nitrogens with zero attached hydrogens (tertiary/aromatic N) is 4. The van der Waals surface area contributed by atoms with Crippen molar-refractivity contribution in [1.82, 2.24) is 20.2 Å². The molecule has 0 aliphatic carbocycles. The maximum Gasteiger partial charge on any atom is 0.226 e. The monoisotopic (exact) mass is 503 g/mol. The van der Waals surface area contributed by atoms with Gasteiger partial charge in [-0.15, -0.1) is 0 Å². The Morgan fingerprint density at radius 1 is 0.946 bits per heavy atom. The van der Waals surface area contributed by atoms with E-state index in [0.29, 0.717) is 0 Å². The molecule has 0 bridgehead atoms. The molecule has 2 fully saturated rings.